The van der Waals surface area contributed by atoms with Crippen molar-refractivity contribution < 1.29 is 9.13 Å². The lowest BCUT2D eigenvalue weighted by Crippen LogP contribution is -2.26. The second kappa shape index (κ2) is 6.72. The molecule has 0 aromatic heterocycles. The van der Waals surface area contributed by atoms with E-state index in [9.17, 15) is 4.39 Å². The lowest BCUT2D eigenvalue weighted by Gasteiger charge is -2.23. The number of piperidine rings is 1. The Hall–Kier alpha value is -1.87. The third kappa shape index (κ3) is 3.82. The van der Waals surface area contributed by atoms with Gasteiger partial charge in [0, 0.05) is 0 Å². The molecule has 0 aliphatic carbocycles. The van der Waals surface area contributed by atoms with Crippen LogP contribution in [0.5, 0.6) is 5.75 Å². The van der Waals surface area contributed by atoms with E-state index in [2.05, 4.69) is 29.6 Å². The standard InChI is InChI=1S/C18H20FNO/c19-17-4-6-18(7-5-17)21-13-14-2-1-3-16(12-14)15-8-10-20-11-9-15/h1-7,12,15,20H,8-11,13H2. The summed E-state index contributed by atoms with van der Waals surface area (Å²) in [6.45, 7) is 2.71. The summed E-state index contributed by atoms with van der Waals surface area (Å²) in [6, 6.07) is 14.8. The van der Waals surface area contributed by atoms with Crippen LogP contribution in [0.2, 0.25) is 0 Å². The van der Waals surface area contributed by atoms with Crippen LogP contribution < -0.4 is 10.1 Å². The van der Waals surface area contributed by atoms with E-state index in [1.54, 1.807) is 12.1 Å². The fraction of sp³-hybridized carbons (Fsp3) is 0.333. The molecule has 1 fully saturated rings. The van der Waals surface area contributed by atoms with Gasteiger partial charge in [-0.3, -0.25) is 0 Å². The monoisotopic (exact) mass is 285 g/mol. The Bertz CT molecular complexity index is 576. The predicted octanol–water partition coefficient (Wildman–Crippen LogP) is 3.87. The van der Waals surface area contributed by atoms with Gasteiger partial charge in [-0.2, -0.15) is 0 Å². The second-order valence-electron chi connectivity index (χ2n) is 5.51. The number of hydrogen-bond donors (Lipinski definition) is 1. The number of benzene rings is 2. The normalized spacial score (nSPS) is 15.9. The first-order chi connectivity index (χ1) is 10.3. The van der Waals surface area contributed by atoms with E-state index in [-0.39, 0.29) is 5.82 Å². The molecule has 2 aromatic carbocycles. The van der Waals surface area contributed by atoms with Gasteiger partial charge in [-0.25, -0.2) is 4.39 Å². The highest BCUT2D eigenvalue weighted by molar-refractivity contribution is 5.28. The summed E-state index contributed by atoms with van der Waals surface area (Å²) < 4.78 is 18.6. The minimum atomic E-state index is -0.241. The topological polar surface area (TPSA) is 21.3 Å². The van der Waals surface area contributed by atoms with Crippen molar-refractivity contribution in [2.75, 3.05) is 13.1 Å². The molecule has 1 N–H and O–H groups in total. The van der Waals surface area contributed by atoms with Gasteiger partial charge in [0.15, 0.2) is 0 Å². The average Bonchev–Trinajstić information content (AvgIpc) is 2.55. The van der Waals surface area contributed by atoms with E-state index < -0.39 is 0 Å². The van der Waals surface area contributed by atoms with Gasteiger partial charge in [-0.1, -0.05) is 24.3 Å². The Morgan fingerprint density at radius 3 is 2.57 bits per heavy atom. The molecule has 110 valence electrons. The van der Waals surface area contributed by atoms with Crippen molar-refractivity contribution in [3.63, 3.8) is 0 Å². The zero-order valence-electron chi connectivity index (χ0n) is 12.0. The molecule has 1 heterocycles. The molecule has 1 saturated heterocycles. The van der Waals surface area contributed by atoms with E-state index in [1.807, 2.05) is 0 Å². The molecule has 2 nitrogen and oxygen atoms in total. The fourth-order valence-electron chi connectivity index (χ4n) is 2.79. The van der Waals surface area contributed by atoms with Crippen LogP contribution in [-0.4, -0.2) is 13.1 Å². The molecule has 0 bridgehead atoms. The summed E-state index contributed by atoms with van der Waals surface area (Å²) in [7, 11) is 0. The minimum absolute atomic E-state index is 0.241. The smallest absolute Gasteiger partial charge is 0.123 e. The molecular weight excluding hydrogens is 265 g/mol. The molecule has 0 amide bonds. The largest absolute Gasteiger partial charge is 0.489 e. The van der Waals surface area contributed by atoms with E-state index in [4.69, 9.17) is 4.74 Å². The molecule has 0 radical (unpaired) electrons. The van der Waals surface area contributed by atoms with E-state index in [1.165, 1.54) is 30.5 Å². The van der Waals surface area contributed by atoms with Crippen molar-refractivity contribution >= 4 is 0 Å². The molecule has 3 heteroatoms. The molecular formula is C18H20FNO. The van der Waals surface area contributed by atoms with Crippen LogP contribution in [0.1, 0.15) is 29.9 Å². The third-order valence-electron chi connectivity index (χ3n) is 3.98. The van der Waals surface area contributed by atoms with Gasteiger partial charge < -0.3 is 10.1 Å². The maximum absolute atomic E-state index is 12.8. The number of halogens is 1. The summed E-state index contributed by atoms with van der Waals surface area (Å²) in [6.07, 6.45) is 2.39. The van der Waals surface area contributed by atoms with Gasteiger partial charge in [-0.05, 0) is 67.2 Å². The SMILES string of the molecule is Fc1ccc(OCc2cccc(C3CCNCC3)c2)cc1. The number of nitrogens with one attached hydrogen (secondary N) is 1. The Morgan fingerprint density at radius 2 is 1.81 bits per heavy atom. The van der Waals surface area contributed by atoms with Crippen molar-refractivity contribution in [2.45, 2.75) is 25.4 Å². The van der Waals surface area contributed by atoms with Crippen molar-refractivity contribution in [3.8, 4) is 5.75 Å². The highest BCUT2D eigenvalue weighted by Gasteiger charge is 2.15. The fourth-order valence-corrected chi connectivity index (χ4v) is 2.79. The average molecular weight is 285 g/mol. The molecule has 1 aliphatic rings. The molecule has 0 atom stereocenters. The van der Waals surface area contributed by atoms with Gasteiger partial charge >= 0.3 is 0 Å². The molecule has 2 aromatic rings. The summed E-state index contributed by atoms with van der Waals surface area (Å²) in [5, 5.41) is 3.39. The molecule has 21 heavy (non-hydrogen) atoms. The summed E-state index contributed by atoms with van der Waals surface area (Å²) in [4.78, 5) is 0. The maximum atomic E-state index is 12.8. The highest BCUT2D eigenvalue weighted by atomic mass is 19.1. The number of rotatable bonds is 4. The minimum Gasteiger partial charge on any atom is -0.489 e. The zero-order valence-corrected chi connectivity index (χ0v) is 12.0. The Morgan fingerprint density at radius 1 is 1.05 bits per heavy atom. The van der Waals surface area contributed by atoms with Gasteiger partial charge in [0.05, 0.1) is 0 Å². The molecule has 1 aliphatic heterocycles. The number of hydrogen-bond acceptors (Lipinski definition) is 2. The van der Waals surface area contributed by atoms with Crippen molar-refractivity contribution in [1.82, 2.24) is 5.32 Å². The zero-order chi connectivity index (χ0) is 14.5. The van der Waals surface area contributed by atoms with Crippen LogP contribution in [0.4, 0.5) is 4.39 Å². The highest BCUT2D eigenvalue weighted by Crippen LogP contribution is 2.26. The number of ether oxygens (including phenoxy) is 1. The Labute approximate surface area is 125 Å². The summed E-state index contributed by atoms with van der Waals surface area (Å²) in [5.41, 5.74) is 2.56. The van der Waals surface area contributed by atoms with Crippen LogP contribution in [0.15, 0.2) is 48.5 Å². The summed E-state index contributed by atoms with van der Waals surface area (Å²) in [5.74, 6) is 1.11. The Balaban J connectivity index is 1.64. The lowest BCUT2D eigenvalue weighted by atomic mass is 9.89. The van der Waals surface area contributed by atoms with Crippen LogP contribution >= 0.6 is 0 Å². The van der Waals surface area contributed by atoms with Crippen LogP contribution in [-0.2, 0) is 6.61 Å². The first-order valence-corrected chi connectivity index (χ1v) is 7.49. The molecule has 0 saturated carbocycles. The summed E-state index contributed by atoms with van der Waals surface area (Å²) >= 11 is 0. The second-order valence-corrected chi connectivity index (χ2v) is 5.51. The first-order valence-electron chi connectivity index (χ1n) is 7.49. The van der Waals surface area contributed by atoms with Crippen LogP contribution in [0.25, 0.3) is 0 Å². The van der Waals surface area contributed by atoms with Gasteiger partial charge in [0.2, 0.25) is 0 Å². The van der Waals surface area contributed by atoms with Gasteiger partial charge in [0.25, 0.3) is 0 Å². The van der Waals surface area contributed by atoms with E-state index >= 15 is 0 Å². The van der Waals surface area contributed by atoms with Gasteiger partial charge in [-0.15, -0.1) is 0 Å². The van der Waals surface area contributed by atoms with E-state index in [0.29, 0.717) is 18.3 Å². The first kappa shape index (κ1) is 14.1. The maximum Gasteiger partial charge on any atom is 0.123 e. The van der Waals surface area contributed by atoms with E-state index in [0.717, 1.165) is 18.7 Å². The van der Waals surface area contributed by atoms with Crippen molar-refractivity contribution in [3.05, 3.63) is 65.5 Å². The molecule has 3 rings (SSSR count). The lowest BCUT2D eigenvalue weighted by molar-refractivity contribution is 0.305. The molecule has 0 spiro atoms. The van der Waals surface area contributed by atoms with Crippen molar-refractivity contribution in [1.29, 1.82) is 0 Å². The van der Waals surface area contributed by atoms with Crippen LogP contribution in [0.3, 0.4) is 0 Å². The van der Waals surface area contributed by atoms with Crippen molar-refractivity contribution in [2.24, 2.45) is 0 Å². The third-order valence-corrected chi connectivity index (χ3v) is 3.98. The van der Waals surface area contributed by atoms with Gasteiger partial charge in [0.1, 0.15) is 18.2 Å². The van der Waals surface area contributed by atoms with Crippen LogP contribution in [0, 0.1) is 5.82 Å². The Kier molecular flexibility index (Phi) is 4.51. The predicted molar refractivity (Wildman–Crippen MR) is 82.0 cm³/mol. The molecule has 0 unspecified atom stereocenters. The quantitative estimate of drug-likeness (QED) is 0.920.